The molecule has 7 heteroatoms. The van der Waals surface area contributed by atoms with Crippen molar-refractivity contribution in [1.82, 2.24) is 0 Å². The van der Waals surface area contributed by atoms with Gasteiger partial charge in [0.2, 0.25) is 0 Å². The van der Waals surface area contributed by atoms with E-state index in [1.807, 2.05) is 0 Å². The van der Waals surface area contributed by atoms with E-state index in [0.717, 1.165) is 0 Å². The highest BCUT2D eigenvalue weighted by Gasteiger charge is 2.15. The van der Waals surface area contributed by atoms with Crippen LogP contribution in [0.3, 0.4) is 0 Å². The quantitative estimate of drug-likeness (QED) is 0.572. The number of aromatic hydroxyl groups is 2. The predicted molar refractivity (Wildman–Crippen MR) is 82.6 cm³/mol. The van der Waals surface area contributed by atoms with Crippen LogP contribution in [0.4, 0.5) is 11.4 Å². The molecule has 0 aliphatic heterocycles. The summed E-state index contributed by atoms with van der Waals surface area (Å²) >= 11 is 3.12. The van der Waals surface area contributed by atoms with E-state index >= 15 is 0 Å². The van der Waals surface area contributed by atoms with Crippen LogP contribution in [-0.4, -0.2) is 15.1 Å². The fourth-order valence-corrected chi connectivity index (χ4v) is 2.36. The summed E-state index contributed by atoms with van der Waals surface area (Å²) in [7, 11) is 0. The molecule has 0 amide bonds. The van der Waals surface area contributed by atoms with Gasteiger partial charge in [-0.25, -0.2) is 0 Å². The lowest BCUT2D eigenvalue weighted by Gasteiger charge is -2.17. The highest BCUT2D eigenvalue weighted by molar-refractivity contribution is 9.10. The summed E-state index contributed by atoms with van der Waals surface area (Å²) in [6, 6.07) is 8.73. The smallest absolute Gasteiger partial charge is 0.285 e. The minimum absolute atomic E-state index is 0.0253. The molecule has 2 rings (SSSR count). The number of hydrogen-bond donors (Lipinski definition) is 3. The van der Waals surface area contributed by atoms with Gasteiger partial charge in [-0.15, -0.1) is 0 Å². The number of nitro groups is 1. The summed E-state index contributed by atoms with van der Waals surface area (Å²) in [5, 5.41) is 33.1. The van der Waals surface area contributed by atoms with Crippen LogP contribution in [0.1, 0.15) is 18.5 Å². The van der Waals surface area contributed by atoms with Crippen molar-refractivity contribution >= 4 is 27.3 Å². The minimum Gasteiger partial charge on any atom is -0.508 e. The van der Waals surface area contributed by atoms with Gasteiger partial charge in [0.1, 0.15) is 11.5 Å². The molecule has 0 radical (unpaired) electrons. The molecule has 0 spiro atoms. The summed E-state index contributed by atoms with van der Waals surface area (Å²) in [4.78, 5) is 10.4. The zero-order chi connectivity index (χ0) is 15.6. The third-order valence-corrected chi connectivity index (χ3v) is 3.68. The zero-order valence-corrected chi connectivity index (χ0v) is 12.7. The number of nitro benzene ring substituents is 1. The van der Waals surface area contributed by atoms with Crippen LogP contribution in [0.2, 0.25) is 0 Å². The molecular formula is C14H13BrN2O4. The van der Waals surface area contributed by atoms with E-state index in [1.54, 1.807) is 25.1 Å². The van der Waals surface area contributed by atoms with Gasteiger partial charge in [0.25, 0.3) is 5.69 Å². The topological polar surface area (TPSA) is 95.6 Å². The third kappa shape index (κ3) is 3.43. The Kier molecular flexibility index (Phi) is 4.32. The van der Waals surface area contributed by atoms with Crippen molar-refractivity contribution < 1.29 is 15.1 Å². The summed E-state index contributed by atoms with van der Waals surface area (Å²) in [6.07, 6.45) is 0. The average Bonchev–Trinajstić information content (AvgIpc) is 2.40. The maximum atomic E-state index is 10.9. The molecule has 0 fully saturated rings. The van der Waals surface area contributed by atoms with Gasteiger partial charge in [-0.05, 0) is 47.1 Å². The number of nitrogens with zero attached hydrogens (tertiary/aromatic N) is 1. The monoisotopic (exact) mass is 352 g/mol. The fraction of sp³-hybridized carbons (Fsp3) is 0.143. The molecule has 0 aliphatic rings. The number of halogens is 1. The number of nitrogens with one attached hydrogen (secondary N) is 1. The molecule has 0 heterocycles. The van der Waals surface area contributed by atoms with Crippen LogP contribution < -0.4 is 5.32 Å². The first-order chi connectivity index (χ1) is 9.88. The lowest BCUT2D eigenvalue weighted by molar-refractivity contribution is -0.385. The van der Waals surface area contributed by atoms with Gasteiger partial charge in [0.05, 0.1) is 15.4 Å². The van der Waals surface area contributed by atoms with Gasteiger partial charge in [-0.3, -0.25) is 10.1 Å². The Bertz CT molecular complexity index is 691. The largest absolute Gasteiger partial charge is 0.508 e. The molecule has 0 aliphatic carbocycles. The van der Waals surface area contributed by atoms with Crippen molar-refractivity contribution in [1.29, 1.82) is 0 Å². The number of hydrogen-bond acceptors (Lipinski definition) is 5. The molecule has 6 nitrogen and oxygen atoms in total. The Morgan fingerprint density at radius 3 is 2.57 bits per heavy atom. The predicted octanol–water partition coefficient (Wildman–Crippen LogP) is 3.94. The maximum Gasteiger partial charge on any atom is 0.285 e. The van der Waals surface area contributed by atoms with E-state index in [0.29, 0.717) is 15.7 Å². The Morgan fingerprint density at radius 1 is 1.24 bits per heavy atom. The van der Waals surface area contributed by atoms with Crippen LogP contribution >= 0.6 is 15.9 Å². The van der Waals surface area contributed by atoms with Crippen molar-refractivity contribution in [3.63, 3.8) is 0 Å². The van der Waals surface area contributed by atoms with Crippen LogP contribution in [0.15, 0.2) is 40.9 Å². The second-order valence-corrected chi connectivity index (χ2v) is 5.39. The Labute approximate surface area is 129 Å². The van der Waals surface area contributed by atoms with E-state index in [2.05, 4.69) is 21.2 Å². The van der Waals surface area contributed by atoms with E-state index in [-0.39, 0.29) is 23.2 Å². The summed E-state index contributed by atoms with van der Waals surface area (Å²) in [5.74, 6) is -0.0654. The van der Waals surface area contributed by atoms with Crippen molar-refractivity contribution in [2.75, 3.05) is 5.32 Å². The van der Waals surface area contributed by atoms with Crippen LogP contribution in [0.5, 0.6) is 11.5 Å². The molecule has 0 saturated carbocycles. The van der Waals surface area contributed by atoms with E-state index < -0.39 is 4.92 Å². The number of anilines is 1. The van der Waals surface area contributed by atoms with Crippen molar-refractivity contribution in [2.45, 2.75) is 13.0 Å². The zero-order valence-electron chi connectivity index (χ0n) is 11.1. The normalized spacial score (nSPS) is 11.9. The standard InChI is InChI=1S/C14H13BrN2O4/c1-8(11-4-3-10(18)7-14(11)19)16-9-2-5-12(15)13(6-9)17(20)21/h2-8,16,18-19H,1H3. The molecule has 0 aromatic heterocycles. The Morgan fingerprint density at radius 2 is 1.95 bits per heavy atom. The van der Waals surface area contributed by atoms with Gasteiger partial charge in [-0.2, -0.15) is 0 Å². The second kappa shape index (κ2) is 6.01. The molecule has 1 unspecified atom stereocenters. The van der Waals surface area contributed by atoms with Crippen molar-refractivity contribution in [2.24, 2.45) is 0 Å². The van der Waals surface area contributed by atoms with Crippen LogP contribution in [-0.2, 0) is 0 Å². The second-order valence-electron chi connectivity index (χ2n) is 4.53. The van der Waals surface area contributed by atoms with Gasteiger partial charge in [-0.1, -0.05) is 0 Å². The molecule has 0 saturated heterocycles. The maximum absolute atomic E-state index is 10.9. The average molecular weight is 353 g/mol. The third-order valence-electron chi connectivity index (χ3n) is 3.01. The molecular weight excluding hydrogens is 340 g/mol. The van der Waals surface area contributed by atoms with E-state index in [9.17, 15) is 20.3 Å². The van der Waals surface area contributed by atoms with Crippen LogP contribution in [0.25, 0.3) is 0 Å². The van der Waals surface area contributed by atoms with E-state index in [1.165, 1.54) is 18.2 Å². The summed E-state index contributed by atoms with van der Waals surface area (Å²) in [6.45, 7) is 1.81. The highest BCUT2D eigenvalue weighted by atomic mass is 79.9. The Balaban J connectivity index is 2.25. The number of phenolic OH excluding ortho intramolecular Hbond substituents is 2. The lowest BCUT2D eigenvalue weighted by atomic mass is 10.1. The summed E-state index contributed by atoms with van der Waals surface area (Å²) in [5.41, 5.74) is 1.10. The first-order valence-electron chi connectivity index (χ1n) is 6.11. The Hall–Kier alpha value is -2.28. The van der Waals surface area contributed by atoms with E-state index in [4.69, 9.17) is 0 Å². The lowest BCUT2D eigenvalue weighted by Crippen LogP contribution is -2.07. The molecule has 2 aromatic carbocycles. The van der Waals surface area contributed by atoms with Gasteiger partial charge >= 0.3 is 0 Å². The summed E-state index contributed by atoms with van der Waals surface area (Å²) < 4.78 is 0.401. The first kappa shape index (κ1) is 15.1. The molecule has 3 N–H and O–H groups in total. The molecule has 110 valence electrons. The molecule has 2 aromatic rings. The van der Waals surface area contributed by atoms with Gasteiger partial charge < -0.3 is 15.5 Å². The van der Waals surface area contributed by atoms with Crippen molar-refractivity contribution in [3.05, 3.63) is 56.5 Å². The molecule has 0 bridgehead atoms. The number of rotatable bonds is 4. The van der Waals surface area contributed by atoms with Gasteiger partial charge in [0.15, 0.2) is 0 Å². The van der Waals surface area contributed by atoms with Crippen LogP contribution in [0, 0.1) is 10.1 Å². The fourth-order valence-electron chi connectivity index (χ4n) is 1.97. The highest BCUT2D eigenvalue weighted by Crippen LogP contribution is 2.32. The number of phenols is 2. The number of benzene rings is 2. The first-order valence-corrected chi connectivity index (χ1v) is 6.90. The molecule has 1 atom stereocenters. The van der Waals surface area contributed by atoms with Crippen molar-refractivity contribution in [3.8, 4) is 11.5 Å². The van der Waals surface area contributed by atoms with Gasteiger partial charge in [0, 0.05) is 23.4 Å². The SMILES string of the molecule is CC(Nc1ccc(Br)c([N+](=O)[O-])c1)c1ccc(O)cc1O. The minimum atomic E-state index is -0.474. The molecule has 21 heavy (non-hydrogen) atoms.